The Morgan fingerprint density at radius 3 is 2.26 bits per heavy atom. The lowest BCUT2D eigenvalue weighted by Gasteiger charge is -2.23. The maximum absolute atomic E-state index is 11.0. The summed E-state index contributed by atoms with van der Waals surface area (Å²) in [5.41, 5.74) is 4.34. The molecule has 0 radical (unpaired) electrons. The highest BCUT2D eigenvalue weighted by Crippen LogP contribution is 2.24. The molecule has 3 rings (SSSR count). The summed E-state index contributed by atoms with van der Waals surface area (Å²) >= 11 is 0. The van der Waals surface area contributed by atoms with Gasteiger partial charge in [-0.2, -0.15) is 15.5 Å². The molecule has 0 unspecified atom stereocenters. The molecule has 0 amide bonds. The Labute approximate surface area is 181 Å². The third-order valence-electron chi connectivity index (χ3n) is 4.48. The molecular weight excluding hydrogens is 390 g/mol. The number of rotatable bonds is 9. The van der Waals surface area contributed by atoms with E-state index in [9.17, 15) is 4.79 Å². The molecule has 3 aromatic rings. The molecular formula is C24H23N5O2. The number of ether oxygens (including phenoxy) is 1. The average molecular weight is 413 g/mol. The summed E-state index contributed by atoms with van der Waals surface area (Å²) in [5.74, 6) is -0.316. The van der Waals surface area contributed by atoms with E-state index >= 15 is 0 Å². The SMILES string of the molecule is CC(=O)OCCN(CCC#N)c1ccc(N=Nc2ccc(-c3ccccn3)cc2)cc1. The van der Waals surface area contributed by atoms with Crippen LogP contribution in [0.1, 0.15) is 13.3 Å². The third-order valence-corrected chi connectivity index (χ3v) is 4.48. The van der Waals surface area contributed by atoms with Gasteiger partial charge in [-0.15, -0.1) is 0 Å². The number of hydrogen-bond donors (Lipinski definition) is 0. The Morgan fingerprint density at radius 1 is 1.00 bits per heavy atom. The Morgan fingerprint density at radius 2 is 1.68 bits per heavy atom. The molecule has 0 aliphatic carbocycles. The molecule has 0 aliphatic heterocycles. The van der Waals surface area contributed by atoms with Gasteiger partial charge in [-0.25, -0.2) is 0 Å². The highest BCUT2D eigenvalue weighted by molar-refractivity contribution is 5.66. The smallest absolute Gasteiger partial charge is 0.302 e. The minimum atomic E-state index is -0.316. The van der Waals surface area contributed by atoms with Crippen LogP contribution in [0.25, 0.3) is 11.3 Å². The van der Waals surface area contributed by atoms with Crippen molar-refractivity contribution in [1.82, 2.24) is 4.98 Å². The molecule has 31 heavy (non-hydrogen) atoms. The van der Waals surface area contributed by atoms with Gasteiger partial charge in [0, 0.05) is 30.9 Å². The Bertz CT molecular complexity index is 1040. The molecule has 0 N–H and O–H groups in total. The standard InChI is InChI=1S/C24H23N5O2/c1-19(30)31-18-17-29(16-4-14-25)23-12-10-22(11-13-23)28-27-21-8-6-20(7-9-21)24-5-2-3-15-26-24/h2-3,5-13,15H,4,16-18H2,1H3. The van der Waals surface area contributed by atoms with Gasteiger partial charge in [0.2, 0.25) is 0 Å². The van der Waals surface area contributed by atoms with Crippen molar-refractivity contribution in [2.75, 3.05) is 24.6 Å². The van der Waals surface area contributed by atoms with Crippen molar-refractivity contribution in [1.29, 1.82) is 5.26 Å². The van der Waals surface area contributed by atoms with Crippen LogP contribution in [0.15, 0.2) is 83.2 Å². The predicted molar refractivity (Wildman–Crippen MR) is 119 cm³/mol. The highest BCUT2D eigenvalue weighted by atomic mass is 16.5. The van der Waals surface area contributed by atoms with E-state index in [1.807, 2.05) is 71.6 Å². The number of esters is 1. The minimum absolute atomic E-state index is 0.275. The molecule has 0 fully saturated rings. The first-order valence-electron chi connectivity index (χ1n) is 9.94. The number of hydrogen-bond acceptors (Lipinski definition) is 7. The number of benzene rings is 2. The maximum atomic E-state index is 11.0. The van der Waals surface area contributed by atoms with E-state index in [4.69, 9.17) is 10.00 Å². The number of nitrogens with zero attached hydrogens (tertiary/aromatic N) is 5. The molecule has 1 heterocycles. The van der Waals surface area contributed by atoms with Gasteiger partial charge in [-0.1, -0.05) is 18.2 Å². The van der Waals surface area contributed by atoms with Gasteiger partial charge in [-0.05, 0) is 48.5 Å². The number of carbonyl (C=O) groups excluding carboxylic acids is 1. The summed E-state index contributed by atoms with van der Waals surface area (Å²) in [7, 11) is 0. The van der Waals surface area contributed by atoms with Gasteiger partial charge >= 0.3 is 5.97 Å². The van der Waals surface area contributed by atoms with Crippen molar-refractivity contribution >= 4 is 23.0 Å². The summed E-state index contributed by atoms with van der Waals surface area (Å²) in [5, 5.41) is 17.5. The average Bonchev–Trinajstić information content (AvgIpc) is 2.81. The predicted octanol–water partition coefficient (Wildman–Crippen LogP) is 5.45. The summed E-state index contributed by atoms with van der Waals surface area (Å²) in [6.07, 6.45) is 2.15. The Balaban J connectivity index is 1.63. The summed E-state index contributed by atoms with van der Waals surface area (Å²) in [6, 6.07) is 23.3. The molecule has 0 saturated heterocycles. The largest absolute Gasteiger partial charge is 0.464 e. The van der Waals surface area contributed by atoms with Gasteiger partial charge in [0.1, 0.15) is 6.61 Å². The van der Waals surface area contributed by atoms with Crippen molar-refractivity contribution in [3.05, 3.63) is 72.9 Å². The molecule has 0 atom stereocenters. The van der Waals surface area contributed by atoms with Crippen LogP contribution in [0.3, 0.4) is 0 Å². The molecule has 0 saturated carbocycles. The fraction of sp³-hybridized carbons (Fsp3) is 0.208. The van der Waals surface area contributed by atoms with Crippen LogP contribution >= 0.6 is 0 Å². The van der Waals surface area contributed by atoms with Crippen LogP contribution in [0, 0.1) is 11.3 Å². The van der Waals surface area contributed by atoms with E-state index in [0.717, 1.165) is 28.3 Å². The third kappa shape index (κ3) is 6.75. The zero-order valence-electron chi connectivity index (χ0n) is 17.3. The Hall–Kier alpha value is -4.05. The number of pyridine rings is 1. The normalized spacial score (nSPS) is 10.6. The van der Waals surface area contributed by atoms with E-state index < -0.39 is 0 Å². The monoisotopic (exact) mass is 413 g/mol. The van der Waals surface area contributed by atoms with Crippen LogP contribution in [0.2, 0.25) is 0 Å². The summed E-state index contributed by atoms with van der Waals surface area (Å²) in [4.78, 5) is 17.3. The molecule has 156 valence electrons. The van der Waals surface area contributed by atoms with Crippen LogP contribution in [-0.2, 0) is 9.53 Å². The van der Waals surface area contributed by atoms with E-state index in [0.29, 0.717) is 19.5 Å². The van der Waals surface area contributed by atoms with Crippen molar-refractivity contribution in [2.24, 2.45) is 10.2 Å². The van der Waals surface area contributed by atoms with E-state index in [-0.39, 0.29) is 12.6 Å². The first-order valence-corrected chi connectivity index (χ1v) is 9.94. The van der Waals surface area contributed by atoms with Gasteiger partial charge in [-0.3, -0.25) is 9.78 Å². The summed E-state index contributed by atoms with van der Waals surface area (Å²) in [6.45, 7) is 2.73. The molecule has 1 aromatic heterocycles. The second-order valence-corrected chi connectivity index (χ2v) is 6.71. The number of carbonyl (C=O) groups is 1. The molecule has 0 bridgehead atoms. The van der Waals surface area contributed by atoms with Crippen LogP contribution in [-0.4, -0.2) is 30.6 Å². The minimum Gasteiger partial charge on any atom is -0.464 e. The van der Waals surface area contributed by atoms with Crippen molar-refractivity contribution in [3.63, 3.8) is 0 Å². The fourth-order valence-corrected chi connectivity index (χ4v) is 2.93. The molecule has 7 nitrogen and oxygen atoms in total. The number of anilines is 1. The lowest BCUT2D eigenvalue weighted by Crippen LogP contribution is -2.28. The van der Waals surface area contributed by atoms with E-state index in [2.05, 4.69) is 21.3 Å². The first kappa shape index (κ1) is 21.7. The summed E-state index contributed by atoms with van der Waals surface area (Å²) < 4.78 is 5.02. The van der Waals surface area contributed by atoms with Crippen LogP contribution < -0.4 is 4.90 Å². The lowest BCUT2D eigenvalue weighted by atomic mass is 10.1. The number of nitriles is 1. The van der Waals surface area contributed by atoms with Gasteiger partial charge in [0.15, 0.2) is 0 Å². The van der Waals surface area contributed by atoms with Crippen molar-refractivity contribution in [2.45, 2.75) is 13.3 Å². The zero-order chi connectivity index (χ0) is 21.9. The number of aromatic nitrogens is 1. The molecule has 7 heteroatoms. The van der Waals surface area contributed by atoms with E-state index in [1.165, 1.54) is 6.92 Å². The van der Waals surface area contributed by atoms with Crippen LogP contribution in [0.5, 0.6) is 0 Å². The van der Waals surface area contributed by atoms with Gasteiger partial charge in [0.25, 0.3) is 0 Å². The topological polar surface area (TPSA) is 90.9 Å². The number of azo groups is 1. The Kier molecular flexibility index (Phi) is 7.83. The maximum Gasteiger partial charge on any atom is 0.302 e. The molecule has 0 aliphatic rings. The van der Waals surface area contributed by atoms with E-state index in [1.54, 1.807) is 6.20 Å². The van der Waals surface area contributed by atoms with Gasteiger partial charge < -0.3 is 9.64 Å². The lowest BCUT2D eigenvalue weighted by molar-refractivity contribution is -0.140. The van der Waals surface area contributed by atoms with Crippen molar-refractivity contribution < 1.29 is 9.53 Å². The van der Waals surface area contributed by atoms with Gasteiger partial charge in [0.05, 0.1) is 36.1 Å². The molecule has 2 aromatic carbocycles. The second kappa shape index (κ2) is 11.2. The molecule has 0 spiro atoms. The highest BCUT2D eigenvalue weighted by Gasteiger charge is 2.07. The second-order valence-electron chi connectivity index (χ2n) is 6.71. The quantitative estimate of drug-likeness (QED) is 0.344. The fourth-order valence-electron chi connectivity index (χ4n) is 2.93. The van der Waals surface area contributed by atoms with Crippen LogP contribution in [0.4, 0.5) is 17.1 Å². The zero-order valence-corrected chi connectivity index (χ0v) is 17.3. The van der Waals surface area contributed by atoms with Crippen molar-refractivity contribution in [3.8, 4) is 17.3 Å². The first-order chi connectivity index (χ1) is 15.2.